The first-order chi connectivity index (χ1) is 9.08. The van der Waals surface area contributed by atoms with Crippen molar-refractivity contribution in [1.29, 1.82) is 0 Å². The molecule has 1 unspecified atom stereocenters. The van der Waals surface area contributed by atoms with Gasteiger partial charge in [-0.05, 0) is 19.3 Å². The zero-order chi connectivity index (χ0) is 13.8. The molecule has 2 amide bonds. The van der Waals surface area contributed by atoms with E-state index >= 15 is 0 Å². The minimum Gasteiger partial charge on any atom is -0.343 e. The van der Waals surface area contributed by atoms with Crippen LogP contribution in [0.15, 0.2) is 0 Å². The summed E-state index contributed by atoms with van der Waals surface area (Å²) < 4.78 is 0. The molecule has 108 valence electrons. The van der Waals surface area contributed by atoms with E-state index in [1.807, 2.05) is 23.6 Å². The van der Waals surface area contributed by atoms with Crippen LogP contribution in [0.25, 0.3) is 0 Å². The summed E-state index contributed by atoms with van der Waals surface area (Å²) in [6.45, 7) is 7.23. The molecule has 19 heavy (non-hydrogen) atoms. The molecule has 2 heterocycles. The largest absolute Gasteiger partial charge is 0.343 e. The predicted octanol–water partition coefficient (Wildman–Crippen LogP) is 0.598. The first kappa shape index (κ1) is 14.3. The summed E-state index contributed by atoms with van der Waals surface area (Å²) in [5.74, 6) is 0.355. The highest BCUT2D eigenvalue weighted by Gasteiger charge is 2.32. The van der Waals surface area contributed by atoms with Gasteiger partial charge in [0, 0.05) is 38.6 Å². The molecule has 2 rings (SSSR count). The Hall–Kier alpha value is -1.10. The third-order valence-corrected chi connectivity index (χ3v) is 3.89. The normalized spacial score (nSPS) is 23.7. The van der Waals surface area contributed by atoms with Crippen molar-refractivity contribution in [2.24, 2.45) is 0 Å². The number of nitrogens with zero attached hydrogens (tertiary/aromatic N) is 2. The lowest BCUT2D eigenvalue weighted by atomic mass is 10.2. The Morgan fingerprint density at radius 1 is 1.32 bits per heavy atom. The Labute approximate surface area is 115 Å². The molecule has 0 aromatic heterocycles. The van der Waals surface area contributed by atoms with Crippen molar-refractivity contribution < 1.29 is 9.59 Å². The lowest BCUT2D eigenvalue weighted by Crippen LogP contribution is -2.42. The van der Waals surface area contributed by atoms with Gasteiger partial charge in [0.05, 0.1) is 6.04 Å². The van der Waals surface area contributed by atoms with Crippen LogP contribution in [0.4, 0.5) is 0 Å². The molecule has 0 radical (unpaired) electrons. The van der Waals surface area contributed by atoms with E-state index in [1.165, 1.54) is 0 Å². The standard InChI is InChI=1S/C14H25N3O2/c1-11(2)15-12-5-9-17(14(12)19)10-6-13(18)16-7-3-4-8-16/h11-12,15H,3-10H2,1-2H3. The smallest absolute Gasteiger partial charge is 0.239 e. The zero-order valence-corrected chi connectivity index (χ0v) is 12.0. The highest BCUT2D eigenvalue weighted by molar-refractivity contribution is 5.84. The molecular formula is C14H25N3O2. The van der Waals surface area contributed by atoms with E-state index in [0.29, 0.717) is 19.0 Å². The van der Waals surface area contributed by atoms with E-state index in [9.17, 15) is 9.59 Å². The van der Waals surface area contributed by atoms with Crippen molar-refractivity contribution in [2.75, 3.05) is 26.2 Å². The molecule has 2 aliphatic rings. The summed E-state index contributed by atoms with van der Waals surface area (Å²) in [5.41, 5.74) is 0. The third kappa shape index (κ3) is 3.69. The summed E-state index contributed by atoms with van der Waals surface area (Å²) in [5, 5.41) is 3.28. The Morgan fingerprint density at radius 3 is 2.63 bits per heavy atom. The molecule has 2 aliphatic heterocycles. The van der Waals surface area contributed by atoms with Crippen molar-refractivity contribution in [1.82, 2.24) is 15.1 Å². The molecule has 0 aromatic rings. The summed E-state index contributed by atoms with van der Waals surface area (Å²) in [6.07, 6.45) is 3.57. The fourth-order valence-corrected chi connectivity index (χ4v) is 2.87. The van der Waals surface area contributed by atoms with Crippen molar-refractivity contribution in [2.45, 2.75) is 51.6 Å². The van der Waals surface area contributed by atoms with Crippen molar-refractivity contribution in [3.63, 3.8) is 0 Å². The van der Waals surface area contributed by atoms with Gasteiger partial charge in [-0.1, -0.05) is 13.8 Å². The lowest BCUT2D eigenvalue weighted by molar-refractivity contribution is -0.132. The fourth-order valence-electron chi connectivity index (χ4n) is 2.87. The molecule has 2 fully saturated rings. The second-order valence-corrected chi connectivity index (χ2v) is 5.83. The van der Waals surface area contributed by atoms with E-state index in [0.717, 1.165) is 38.9 Å². The van der Waals surface area contributed by atoms with Crippen LogP contribution < -0.4 is 5.32 Å². The highest BCUT2D eigenvalue weighted by atomic mass is 16.2. The maximum absolute atomic E-state index is 12.1. The van der Waals surface area contributed by atoms with Crippen LogP contribution in [-0.4, -0.2) is 59.9 Å². The molecule has 0 saturated carbocycles. The van der Waals surface area contributed by atoms with Crippen LogP contribution in [-0.2, 0) is 9.59 Å². The summed E-state index contributed by atoms with van der Waals surface area (Å²) in [6, 6.07) is 0.266. The second-order valence-electron chi connectivity index (χ2n) is 5.83. The maximum atomic E-state index is 12.1. The minimum atomic E-state index is -0.0538. The van der Waals surface area contributed by atoms with Gasteiger partial charge in [0.15, 0.2) is 0 Å². The summed E-state index contributed by atoms with van der Waals surface area (Å²) >= 11 is 0. The molecule has 5 nitrogen and oxygen atoms in total. The van der Waals surface area contributed by atoms with E-state index in [-0.39, 0.29) is 17.9 Å². The Balaban J connectivity index is 1.74. The SMILES string of the molecule is CC(C)NC1CCN(CCC(=O)N2CCCC2)C1=O. The molecule has 1 N–H and O–H groups in total. The Morgan fingerprint density at radius 2 is 2.00 bits per heavy atom. The van der Waals surface area contributed by atoms with Crippen LogP contribution in [0.3, 0.4) is 0 Å². The first-order valence-corrected chi connectivity index (χ1v) is 7.40. The molecule has 0 spiro atoms. The number of carbonyl (C=O) groups excluding carboxylic acids is 2. The zero-order valence-electron chi connectivity index (χ0n) is 12.0. The summed E-state index contributed by atoms with van der Waals surface area (Å²) in [7, 11) is 0. The van der Waals surface area contributed by atoms with E-state index in [4.69, 9.17) is 0 Å². The average Bonchev–Trinajstić information content (AvgIpc) is 2.98. The topological polar surface area (TPSA) is 52.7 Å². The van der Waals surface area contributed by atoms with Gasteiger partial charge in [-0.3, -0.25) is 9.59 Å². The Kier molecular flexibility index (Phi) is 4.80. The van der Waals surface area contributed by atoms with Gasteiger partial charge in [-0.15, -0.1) is 0 Å². The van der Waals surface area contributed by atoms with Crippen LogP contribution >= 0.6 is 0 Å². The number of likely N-dealkylation sites (tertiary alicyclic amines) is 2. The van der Waals surface area contributed by atoms with Gasteiger partial charge in [-0.2, -0.15) is 0 Å². The van der Waals surface area contributed by atoms with Crippen molar-refractivity contribution >= 4 is 11.8 Å². The number of hydrogen-bond acceptors (Lipinski definition) is 3. The number of carbonyl (C=O) groups is 2. The number of nitrogens with one attached hydrogen (secondary N) is 1. The van der Waals surface area contributed by atoms with Crippen LogP contribution in [0.5, 0.6) is 0 Å². The third-order valence-electron chi connectivity index (χ3n) is 3.89. The van der Waals surface area contributed by atoms with E-state index in [1.54, 1.807) is 0 Å². The van der Waals surface area contributed by atoms with Gasteiger partial charge in [0.25, 0.3) is 0 Å². The van der Waals surface area contributed by atoms with E-state index in [2.05, 4.69) is 5.32 Å². The number of rotatable bonds is 5. The second kappa shape index (κ2) is 6.37. The van der Waals surface area contributed by atoms with Crippen LogP contribution in [0, 0.1) is 0 Å². The molecule has 2 saturated heterocycles. The predicted molar refractivity (Wildman–Crippen MR) is 73.7 cm³/mol. The van der Waals surface area contributed by atoms with Crippen LogP contribution in [0.1, 0.15) is 39.5 Å². The lowest BCUT2D eigenvalue weighted by Gasteiger charge is -2.20. The Bertz CT molecular complexity index is 338. The molecular weight excluding hydrogens is 242 g/mol. The van der Waals surface area contributed by atoms with Gasteiger partial charge in [0.2, 0.25) is 11.8 Å². The van der Waals surface area contributed by atoms with Gasteiger partial charge >= 0.3 is 0 Å². The number of hydrogen-bond donors (Lipinski definition) is 1. The minimum absolute atomic E-state index is 0.0538. The highest BCUT2D eigenvalue weighted by Crippen LogP contribution is 2.14. The average molecular weight is 267 g/mol. The van der Waals surface area contributed by atoms with Crippen molar-refractivity contribution in [3.05, 3.63) is 0 Å². The van der Waals surface area contributed by atoms with E-state index < -0.39 is 0 Å². The molecule has 0 aliphatic carbocycles. The maximum Gasteiger partial charge on any atom is 0.239 e. The molecule has 1 atom stereocenters. The molecule has 0 aromatic carbocycles. The molecule has 5 heteroatoms. The number of amides is 2. The van der Waals surface area contributed by atoms with Crippen molar-refractivity contribution in [3.8, 4) is 0 Å². The van der Waals surface area contributed by atoms with Gasteiger partial charge in [0.1, 0.15) is 0 Å². The van der Waals surface area contributed by atoms with Crippen LogP contribution in [0.2, 0.25) is 0 Å². The fraction of sp³-hybridized carbons (Fsp3) is 0.857. The molecule has 0 bridgehead atoms. The monoisotopic (exact) mass is 267 g/mol. The first-order valence-electron chi connectivity index (χ1n) is 7.40. The quantitative estimate of drug-likeness (QED) is 0.793. The van der Waals surface area contributed by atoms with Gasteiger partial charge < -0.3 is 15.1 Å². The summed E-state index contributed by atoms with van der Waals surface area (Å²) in [4.78, 5) is 27.8. The van der Waals surface area contributed by atoms with Gasteiger partial charge in [-0.25, -0.2) is 0 Å².